The van der Waals surface area contributed by atoms with Crippen molar-refractivity contribution in [3.05, 3.63) is 165 Å². The van der Waals surface area contributed by atoms with Gasteiger partial charge in [-0.15, -0.1) is 0 Å². The summed E-state index contributed by atoms with van der Waals surface area (Å²) in [6.07, 6.45) is 0.621. The number of nitriles is 1. The Balaban J connectivity index is 0.000000243. The van der Waals surface area contributed by atoms with Gasteiger partial charge in [0.25, 0.3) is 11.8 Å². The average Bonchev–Trinajstić information content (AvgIpc) is 3.77. The third kappa shape index (κ3) is 11.4. The number of hydrazine groups is 1. The molecule has 6 rings (SSSR count). The highest BCUT2D eigenvalue weighted by atomic mass is 35.5. The number of ether oxygens (including phenoxy) is 3. The molecule has 3 unspecified atom stereocenters. The second-order valence-corrected chi connectivity index (χ2v) is 17.5. The zero-order valence-corrected chi connectivity index (χ0v) is 37.7. The van der Waals surface area contributed by atoms with E-state index in [1.165, 1.54) is 23.2 Å². The smallest absolute Gasteiger partial charge is 0.311 e. The second-order valence-electron chi connectivity index (χ2n) is 16.7. The maximum Gasteiger partial charge on any atom is 0.311 e. The van der Waals surface area contributed by atoms with Crippen molar-refractivity contribution in [2.75, 3.05) is 7.11 Å². The molecule has 1 N–H and O–H groups in total. The fourth-order valence-corrected chi connectivity index (χ4v) is 7.42. The van der Waals surface area contributed by atoms with Gasteiger partial charge in [0.2, 0.25) is 6.10 Å². The summed E-state index contributed by atoms with van der Waals surface area (Å²) in [6, 6.07) is 32.7. The number of para-hydroxylation sites is 1. The Morgan fingerprint density at radius 1 is 0.871 bits per heavy atom. The van der Waals surface area contributed by atoms with Crippen LogP contribution in [0.15, 0.2) is 115 Å². The number of allylic oxidation sites excluding steroid dienone is 1. The van der Waals surface area contributed by atoms with E-state index < -0.39 is 34.8 Å². The quantitative estimate of drug-likeness (QED) is 0.110. The molecule has 0 heterocycles. The van der Waals surface area contributed by atoms with Crippen molar-refractivity contribution in [2.24, 2.45) is 17.3 Å². The van der Waals surface area contributed by atoms with Crippen molar-refractivity contribution >= 4 is 46.0 Å². The molecule has 1 aliphatic rings. The summed E-state index contributed by atoms with van der Waals surface area (Å²) in [5.41, 5.74) is 6.65. The highest BCUT2D eigenvalue weighted by Crippen LogP contribution is 2.60. The second kappa shape index (κ2) is 19.7. The van der Waals surface area contributed by atoms with Crippen molar-refractivity contribution in [3.63, 3.8) is 0 Å². The number of carbonyl (C=O) groups is 3. The number of hydrogen-bond donors (Lipinski definition) is 1. The molecule has 0 radical (unpaired) electrons. The van der Waals surface area contributed by atoms with E-state index in [2.05, 4.69) is 5.43 Å². The van der Waals surface area contributed by atoms with Gasteiger partial charge in [-0.1, -0.05) is 103 Å². The number of hydrogen-bond acceptors (Lipinski definition) is 7. The van der Waals surface area contributed by atoms with Crippen molar-refractivity contribution in [1.29, 1.82) is 5.26 Å². The summed E-state index contributed by atoms with van der Waals surface area (Å²) >= 11 is 12.4. The topological polar surface area (TPSA) is 118 Å². The van der Waals surface area contributed by atoms with Gasteiger partial charge in [0.1, 0.15) is 17.6 Å². The number of methoxy groups -OCH3 is 1. The molecular formula is C50H50Cl2FN3O6. The number of nitrogens with one attached hydrogen (secondary N) is 1. The first kappa shape index (κ1) is 46.9. The van der Waals surface area contributed by atoms with E-state index in [1.807, 2.05) is 91.8 Å². The number of halogens is 3. The fourth-order valence-electron chi connectivity index (χ4n) is 7.03. The average molecular weight is 879 g/mol. The Bertz CT molecular complexity index is 2490. The Hall–Kier alpha value is -6.15. The lowest BCUT2D eigenvalue weighted by Crippen LogP contribution is -2.56. The molecule has 5 aromatic rings. The lowest BCUT2D eigenvalue weighted by Gasteiger charge is -2.35. The molecule has 2 amide bonds. The monoisotopic (exact) mass is 877 g/mol. The predicted molar refractivity (Wildman–Crippen MR) is 240 cm³/mol. The van der Waals surface area contributed by atoms with E-state index in [9.17, 15) is 24.0 Å². The zero-order valence-electron chi connectivity index (χ0n) is 36.2. The van der Waals surface area contributed by atoms with Crippen LogP contribution in [0.5, 0.6) is 17.2 Å². The number of rotatable bonds is 10. The summed E-state index contributed by atoms with van der Waals surface area (Å²) in [6.45, 7) is 15.2. The molecule has 1 aliphatic carbocycles. The van der Waals surface area contributed by atoms with Gasteiger partial charge in [-0.2, -0.15) is 5.26 Å². The first-order valence-electron chi connectivity index (χ1n) is 19.9. The van der Waals surface area contributed by atoms with Gasteiger partial charge in [0.15, 0.2) is 11.6 Å². The van der Waals surface area contributed by atoms with E-state index >= 15 is 0 Å². The van der Waals surface area contributed by atoms with Gasteiger partial charge in [0.05, 0.1) is 18.6 Å². The Labute approximate surface area is 373 Å². The molecule has 0 aromatic heterocycles. The fraction of sp³-hybridized carbons (Fsp3) is 0.280. The minimum Gasteiger partial charge on any atom is -0.496 e. The zero-order chi connectivity index (χ0) is 45.5. The van der Waals surface area contributed by atoms with Gasteiger partial charge in [-0.05, 0) is 119 Å². The maximum absolute atomic E-state index is 14.3. The van der Waals surface area contributed by atoms with Crippen LogP contribution in [-0.2, 0) is 9.53 Å². The molecule has 0 aliphatic heterocycles. The summed E-state index contributed by atoms with van der Waals surface area (Å²) in [4.78, 5) is 39.1. The minimum absolute atomic E-state index is 0.0627. The number of benzene rings is 5. The van der Waals surface area contributed by atoms with Gasteiger partial charge < -0.3 is 14.2 Å². The molecule has 62 heavy (non-hydrogen) atoms. The van der Waals surface area contributed by atoms with Crippen LogP contribution in [0, 0.1) is 55.2 Å². The number of nitrogens with zero attached hydrogens (tertiary/aromatic N) is 2. The van der Waals surface area contributed by atoms with Crippen LogP contribution in [0.4, 0.5) is 4.39 Å². The SMILES string of the molecule is CC1(C)C(/C=C(\Cl)c2ccc(Cl)cc2)C1C(=O)OC(C#N)c1ccc(F)c(Oc2ccccc2)c1.COc1cccc(C(=O)NN(C(=O)c2cc(C)cc(C)c2)C(C)(C)C)c1C. The van der Waals surface area contributed by atoms with Crippen LogP contribution in [0.2, 0.25) is 5.02 Å². The molecular weight excluding hydrogens is 828 g/mol. The van der Waals surface area contributed by atoms with Gasteiger partial charge >= 0.3 is 5.97 Å². The Kier molecular flexibility index (Phi) is 14.9. The highest BCUT2D eigenvalue weighted by Gasteiger charge is 2.62. The standard InChI is InChI=1S/C28H22Cl2FNO3.C22H28N2O3/c1-28(2)21(15-22(30)17-8-11-19(29)12-9-17)26(28)27(33)35-25(16-32)18-10-13-23(31)24(14-18)34-20-6-4-3-5-7-20;1-14-11-15(2)13-17(12-14)21(26)24(22(4,5)6)23-20(25)18-9-8-10-19(27-7)16(18)3/h3-15,21,25-26H,1-2H3;8-13H,1-7H3,(H,23,25)/b22-15-;. The molecule has 0 spiro atoms. The number of esters is 1. The first-order valence-corrected chi connectivity index (χ1v) is 20.6. The van der Waals surface area contributed by atoms with Gasteiger partial charge in [-0.3, -0.25) is 19.8 Å². The van der Waals surface area contributed by atoms with Crippen LogP contribution >= 0.6 is 23.2 Å². The van der Waals surface area contributed by atoms with Crippen molar-refractivity contribution in [3.8, 4) is 23.3 Å². The maximum atomic E-state index is 14.3. The van der Waals surface area contributed by atoms with E-state index in [-0.39, 0.29) is 23.5 Å². The third-order valence-corrected chi connectivity index (χ3v) is 11.1. The number of aryl methyl sites for hydroxylation is 2. The molecule has 5 aromatic carbocycles. The van der Waals surface area contributed by atoms with Crippen LogP contribution in [0.1, 0.15) is 89.3 Å². The lowest BCUT2D eigenvalue weighted by atomic mass is 10.0. The van der Waals surface area contributed by atoms with E-state index in [4.69, 9.17) is 37.4 Å². The van der Waals surface area contributed by atoms with Crippen LogP contribution in [-0.4, -0.2) is 35.4 Å². The Morgan fingerprint density at radius 3 is 2.11 bits per heavy atom. The summed E-state index contributed by atoms with van der Waals surface area (Å²) in [5, 5.41) is 12.2. The van der Waals surface area contributed by atoms with Gasteiger partial charge in [0, 0.05) is 32.3 Å². The Morgan fingerprint density at radius 2 is 1.52 bits per heavy atom. The number of amides is 2. The number of carbonyl (C=O) groups excluding carboxylic acids is 3. The van der Waals surface area contributed by atoms with E-state index in [0.717, 1.165) is 22.3 Å². The highest BCUT2D eigenvalue weighted by molar-refractivity contribution is 6.48. The normalized spacial score (nSPS) is 15.8. The molecule has 322 valence electrons. The summed E-state index contributed by atoms with van der Waals surface area (Å²) < 4.78 is 30.8. The lowest BCUT2D eigenvalue weighted by molar-refractivity contribution is -0.149. The predicted octanol–water partition coefficient (Wildman–Crippen LogP) is 12.1. The molecule has 1 saturated carbocycles. The molecule has 0 bridgehead atoms. The molecule has 3 atom stereocenters. The van der Waals surface area contributed by atoms with Crippen molar-refractivity contribution in [2.45, 2.75) is 67.0 Å². The van der Waals surface area contributed by atoms with Crippen LogP contribution in [0.3, 0.4) is 0 Å². The van der Waals surface area contributed by atoms with Crippen molar-refractivity contribution in [1.82, 2.24) is 10.4 Å². The summed E-state index contributed by atoms with van der Waals surface area (Å²) in [5.74, 6) is -1.33. The third-order valence-electron chi connectivity index (χ3n) is 10.5. The van der Waals surface area contributed by atoms with Gasteiger partial charge in [-0.25, -0.2) is 9.40 Å². The van der Waals surface area contributed by atoms with Crippen molar-refractivity contribution < 1.29 is 33.0 Å². The van der Waals surface area contributed by atoms with Crippen LogP contribution < -0.4 is 14.9 Å². The molecule has 12 heteroatoms. The van der Waals surface area contributed by atoms with E-state index in [1.54, 1.807) is 73.8 Å². The first-order chi connectivity index (χ1) is 29.2. The largest absolute Gasteiger partial charge is 0.496 e. The summed E-state index contributed by atoms with van der Waals surface area (Å²) in [7, 11) is 1.56. The molecule has 1 fully saturated rings. The minimum atomic E-state index is -1.21. The van der Waals surface area contributed by atoms with Crippen LogP contribution in [0.25, 0.3) is 5.03 Å². The molecule has 0 saturated heterocycles. The molecule has 9 nitrogen and oxygen atoms in total. The van der Waals surface area contributed by atoms with E-state index in [0.29, 0.717) is 38.2 Å².